The number of carbonyl (C=O) groups is 1. The first-order valence-corrected chi connectivity index (χ1v) is 11.6. The number of benzene rings is 1. The van der Waals surface area contributed by atoms with Crippen molar-refractivity contribution < 1.29 is 13.2 Å². The van der Waals surface area contributed by atoms with Gasteiger partial charge >= 0.3 is 10.2 Å². The lowest BCUT2D eigenvalue weighted by Gasteiger charge is -2.06. The summed E-state index contributed by atoms with van der Waals surface area (Å²) in [5.41, 5.74) is 3.35. The van der Waals surface area contributed by atoms with Crippen molar-refractivity contribution in [3.63, 3.8) is 0 Å². The highest BCUT2D eigenvalue weighted by molar-refractivity contribution is 7.99. The van der Waals surface area contributed by atoms with Gasteiger partial charge in [0.25, 0.3) is 5.91 Å². The summed E-state index contributed by atoms with van der Waals surface area (Å²) >= 11 is 1.43. The second-order valence-electron chi connectivity index (χ2n) is 6.67. The van der Waals surface area contributed by atoms with Gasteiger partial charge in [-0.3, -0.25) is 9.48 Å². The van der Waals surface area contributed by atoms with E-state index >= 15 is 0 Å². The molecule has 0 atom stereocenters. The molecule has 1 aromatic carbocycles. The quantitative estimate of drug-likeness (QED) is 0.511. The minimum atomic E-state index is -3.87. The van der Waals surface area contributed by atoms with Crippen molar-refractivity contribution in [2.24, 2.45) is 14.1 Å². The zero-order valence-corrected chi connectivity index (χ0v) is 18.8. The van der Waals surface area contributed by atoms with Crippen LogP contribution in [0.5, 0.6) is 0 Å². The number of amides is 1. The summed E-state index contributed by atoms with van der Waals surface area (Å²) in [5, 5.41) is 6.00. The molecule has 11 heteroatoms. The Bertz CT molecular complexity index is 1210. The Hall–Kier alpha value is -2.63. The molecule has 0 aliphatic carbocycles. The Balaban J connectivity index is 1.84. The van der Waals surface area contributed by atoms with E-state index in [0.29, 0.717) is 6.42 Å². The molecule has 9 nitrogen and oxygen atoms in total. The van der Waals surface area contributed by atoms with Gasteiger partial charge in [-0.1, -0.05) is 19.1 Å². The predicted molar refractivity (Wildman–Crippen MR) is 117 cm³/mol. The summed E-state index contributed by atoms with van der Waals surface area (Å²) in [5.74, 6) is -0.736. The lowest BCUT2D eigenvalue weighted by atomic mass is 10.2. The normalized spacial score (nSPS) is 12.1. The minimum absolute atomic E-state index is 0.257. The largest absolute Gasteiger partial charge is 0.322 e. The summed E-state index contributed by atoms with van der Waals surface area (Å²) in [6, 6.07) is 7.85. The van der Waals surface area contributed by atoms with Crippen molar-refractivity contribution >= 4 is 45.0 Å². The van der Waals surface area contributed by atoms with E-state index in [4.69, 9.17) is 0 Å². The van der Waals surface area contributed by atoms with E-state index in [1.807, 2.05) is 61.5 Å². The van der Waals surface area contributed by atoms with Crippen molar-refractivity contribution in [3.8, 4) is 0 Å². The average Bonchev–Trinajstić information content (AvgIpc) is 3.14. The molecule has 0 aliphatic heterocycles. The van der Waals surface area contributed by atoms with Gasteiger partial charge in [0.1, 0.15) is 5.03 Å². The highest BCUT2D eigenvalue weighted by Gasteiger charge is 2.17. The smallest absolute Gasteiger partial charge is 0.301 e. The Morgan fingerprint density at radius 3 is 2.70 bits per heavy atom. The number of hydrogen-bond acceptors (Lipinski definition) is 6. The number of aryl methyl sites for hydroxylation is 3. The summed E-state index contributed by atoms with van der Waals surface area (Å²) in [4.78, 5) is 16.8. The van der Waals surface area contributed by atoms with Gasteiger partial charge in [0.05, 0.1) is 16.7 Å². The van der Waals surface area contributed by atoms with Crippen molar-refractivity contribution in [1.29, 1.82) is 0 Å². The van der Waals surface area contributed by atoms with Gasteiger partial charge in [0, 0.05) is 32.3 Å². The zero-order chi connectivity index (χ0) is 21.9. The van der Waals surface area contributed by atoms with Crippen LogP contribution in [0.25, 0.3) is 17.1 Å². The fraction of sp³-hybridized carbons (Fsp3) is 0.316. The molecule has 1 amide bonds. The lowest BCUT2D eigenvalue weighted by molar-refractivity contribution is -0.114. The highest BCUT2D eigenvalue weighted by Crippen LogP contribution is 2.33. The SMILES string of the molecule is CCCNS(=O)(=O)NC(=O)/C=C/c1c(C)nn(C)c1Sc1nc2ccccc2n1C. The predicted octanol–water partition coefficient (Wildman–Crippen LogP) is 2.14. The summed E-state index contributed by atoms with van der Waals surface area (Å²) in [7, 11) is -0.115. The van der Waals surface area contributed by atoms with Gasteiger partial charge in [0.15, 0.2) is 5.16 Å². The van der Waals surface area contributed by atoms with Crippen LogP contribution in [0.2, 0.25) is 0 Å². The van der Waals surface area contributed by atoms with Crippen LogP contribution in [0.1, 0.15) is 24.6 Å². The first-order valence-electron chi connectivity index (χ1n) is 9.34. The fourth-order valence-corrected chi connectivity index (χ4v) is 4.79. The standard InChI is InChI=1S/C19H24N6O3S2/c1-5-12-20-30(27,28)23-17(26)11-10-14-13(2)22-25(4)18(14)29-19-21-15-8-6-7-9-16(15)24(19)3/h6-11,20H,5,12H2,1-4H3,(H,23,26)/b11-10+. The van der Waals surface area contributed by atoms with Gasteiger partial charge in [-0.15, -0.1) is 0 Å². The van der Waals surface area contributed by atoms with E-state index in [9.17, 15) is 13.2 Å². The monoisotopic (exact) mass is 448 g/mol. The molecule has 0 saturated heterocycles. The molecule has 3 rings (SSSR count). The van der Waals surface area contributed by atoms with Gasteiger partial charge < -0.3 is 4.57 Å². The van der Waals surface area contributed by atoms with Crippen LogP contribution in [0.4, 0.5) is 0 Å². The van der Waals surface area contributed by atoms with Crippen molar-refractivity contribution in [1.82, 2.24) is 28.8 Å². The van der Waals surface area contributed by atoms with Crippen molar-refractivity contribution in [2.45, 2.75) is 30.5 Å². The molecular formula is C19H24N6O3S2. The van der Waals surface area contributed by atoms with E-state index in [1.54, 1.807) is 10.8 Å². The maximum atomic E-state index is 12.1. The molecular weight excluding hydrogens is 424 g/mol. The van der Waals surface area contributed by atoms with Gasteiger partial charge in [-0.25, -0.2) is 9.71 Å². The topological polar surface area (TPSA) is 111 Å². The number of fused-ring (bicyclic) bond motifs is 1. The second kappa shape index (κ2) is 9.02. The Morgan fingerprint density at radius 1 is 1.27 bits per heavy atom. The van der Waals surface area contributed by atoms with Crippen molar-refractivity contribution in [2.75, 3.05) is 6.54 Å². The number of imidazole rings is 1. The molecule has 2 aromatic heterocycles. The maximum Gasteiger partial charge on any atom is 0.301 e. The van der Waals surface area contributed by atoms with Gasteiger partial charge in [-0.2, -0.15) is 18.2 Å². The van der Waals surface area contributed by atoms with Gasteiger partial charge in [0.2, 0.25) is 0 Å². The van der Waals surface area contributed by atoms with Crippen LogP contribution in [-0.4, -0.2) is 40.2 Å². The van der Waals surface area contributed by atoms with E-state index in [-0.39, 0.29) is 6.54 Å². The molecule has 0 saturated carbocycles. The molecule has 3 aromatic rings. The first kappa shape index (κ1) is 22.1. The van der Waals surface area contributed by atoms with E-state index in [2.05, 4.69) is 14.8 Å². The summed E-state index contributed by atoms with van der Waals surface area (Å²) < 4.78 is 31.6. The molecule has 0 aliphatic rings. The van der Waals surface area contributed by atoms with Crippen LogP contribution in [-0.2, 0) is 29.1 Å². The minimum Gasteiger partial charge on any atom is -0.322 e. The molecule has 0 spiro atoms. The van der Waals surface area contributed by atoms with E-state index in [1.165, 1.54) is 17.8 Å². The molecule has 0 bridgehead atoms. The average molecular weight is 449 g/mol. The highest BCUT2D eigenvalue weighted by atomic mass is 32.2. The number of para-hydroxylation sites is 2. The van der Waals surface area contributed by atoms with E-state index < -0.39 is 16.1 Å². The van der Waals surface area contributed by atoms with E-state index in [0.717, 1.165) is 32.5 Å². The Kier molecular flexibility index (Phi) is 6.64. The number of nitrogens with zero attached hydrogens (tertiary/aromatic N) is 4. The zero-order valence-electron chi connectivity index (χ0n) is 17.2. The van der Waals surface area contributed by atoms with Gasteiger partial charge in [-0.05, 0) is 43.3 Å². The maximum absolute atomic E-state index is 12.1. The molecule has 160 valence electrons. The number of rotatable bonds is 8. The third kappa shape index (κ3) is 4.91. The molecule has 0 unspecified atom stereocenters. The summed E-state index contributed by atoms with van der Waals surface area (Å²) in [6.07, 6.45) is 3.38. The first-order chi connectivity index (χ1) is 14.2. The van der Waals surface area contributed by atoms with Crippen LogP contribution in [0.3, 0.4) is 0 Å². The van der Waals surface area contributed by atoms with Crippen LogP contribution in [0, 0.1) is 6.92 Å². The molecule has 2 heterocycles. The molecule has 30 heavy (non-hydrogen) atoms. The number of carbonyl (C=O) groups excluding carboxylic acids is 1. The number of nitrogens with one attached hydrogen (secondary N) is 2. The molecule has 0 radical (unpaired) electrons. The summed E-state index contributed by atoms with van der Waals surface area (Å²) in [6.45, 7) is 3.92. The second-order valence-corrected chi connectivity index (χ2v) is 9.13. The van der Waals surface area contributed by atoms with Crippen LogP contribution < -0.4 is 9.44 Å². The fourth-order valence-electron chi connectivity index (χ4n) is 2.87. The Morgan fingerprint density at radius 2 is 2.00 bits per heavy atom. The lowest BCUT2D eigenvalue weighted by Crippen LogP contribution is -2.39. The molecule has 0 fully saturated rings. The third-order valence-corrected chi connectivity index (χ3v) is 6.61. The number of aromatic nitrogens is 4. The molecule has 2 N–H and O–H groups in total. The van der Waals surface area contributed by atoms with Crippen LogP contribution in [0.15, 0.2) is 40.5 Å². The Labute approximate surface area is 179 Å². The van der Waals surface area contributed by atoms with Crippen LogP contribution >= 0.6 is 11.8 Å². The third-order valence-electron chi connectivity index (χ3n) is 4.33. The number of hydrogen-bond donors (Lipinski definition) is 2. The van der Waals surface area contributed by atoms with Crippen molar-refractivity contribution in [3.05, 3.63) is 41.6 Å².